The Balaban J connectivity index is 1.86. The van der Waals surface area contributed by atoms with Crippen molar-refractivity contribution >= 4 is 17.7 Å². The standard InChI is InChI=1S/C22H20N4O3/c1-3-29-20-7-5-4-6-19(20)25-22(27)16(13-23)12-17-14-24-26-21(17)15-8-10-18(28-2)11-9-15/h4-12,14H,3H2,1-2H3,(H,24,26)(H,25,27)/b16-12-. The Morgan fingerprint density at radius 3 is 2.69 bits per heavy atom. The van der Waals surface area contributed by atoms with Crippen LogP contribution in [0, 0.1) is 11.3 Å². The fourth-order valence-electron chi connectivity index (χ4n) is 2.74. The zero-order valence-corrected chi connectivity index (χ0v) is 16.1. The van der Waals surface area contributed by atoms with E-state index in [1.54, 1.807) is 31.5 Å². The molecule has 2 aromatic carbocycles. The Hall–Kier alpha value is -4.05. The van der Waals surface area contributed by atoms with Gasteiger partial charge in [-0.15, -0.1) is 0 Å². The zero-order valence-electron chi connectivity index (χ0n) is 16.1. The van der Waals surface area contributed by atoms with Gasteiger partial charge < -0.3 is 14.8 Å². The van der Waals surface area contributed by atoms with Gasteiger partial charge in [-0.25, -0.2) is 0 Å². The first-order valence-corrected chi connectivity index (χ1v) is 8.99. The first kappa shape index (κ1) is 19.7. The summed E-state index contributed by atoms with van der Waals surface area (Å²) < 4.78 is 10.7. The third-order valence-electron chi connectivity index (χ3n) is 4.15. The fraction of sp³-hybridized carbons (Fsp3) is 0.136. The van der Waals surface area contributed by atoms with Crippen LogP contribution in [0.1, 0.15) is 12.5 Å². The van der Waals surface area contributed by atoms with Gasteiger partial charge in [-0.1, -0.05) is 12.1 Å². The Bertz CT molecular complexity index is 1060. The van der Waals surface area contributed by atoms with E-state index < -0.39 is 5.91 Å². The molecule has 29 heavy (non-hydrogen) atoms. The number of ether oxygens (including phenoxy) is 2. The highest BCUT2D eigenvalue weighted by atomic mass is 16.5. The van der Waals surface area contributed by atoms with Crippen molar-refractivity contribution in [1.29, 1.82) is 5.26 Å². The topological polar surface area (TPSA) is 100 Å². The molecule has 1 heterocycles. The van der Waals surface area contributed by atoms with Crippen LogP contribution in [0.25, 0.3) is 17.3 Å². The highest BCUT2D eigenvalue weighted by Crippen LogP contribution is 2.27. The van der Waals surface area contributed by atoms with Crippen LogP contribution in [0.2, 0.25) is 0 Å². The lowest BCUT2D eigenvalue weighted by Crippen LogP contribution is -2.14. The lowest BCUT2D eigenvalue weighted by atomic mass is 10.1. The second-order valence-corrected chi connectivity index (χ2v) is 5.98. The van der Waals surface area contributed by atoms with Gasteiger partial charge in [-0.3, -0.25) is 9.89 Å². The lowest BCUT2D eigenvalue weighted by molar-refractivity contribution is -0.112. The number of carbonyl (C=O) groups excluding carboxylic acids is 1. The molecule has 0 radical (unpaired) electrons. The van der Waals surface area contributed by atoms with Crippen molar-refractivity contribution in [2.24, 2.45) is 0 Å². The molecule has 7 heteroatoms. The summed E-state index contributed by atoms with van der Waals surface area (Å²) in [6.07, 6.45) is 3.07. The molecule has 2 N–H and O–H groups in total. The Labute approximate surface area is 168 Å². The predicted octanol–water partition coefficient (Wildman–Crippen LogP) is 4.03. The van der Waals surface area contributed by atoms with Crippen molar-refractivity contribution < 1.29 is 14.3 Å². The van der Waals surface area contributed by atoms with Gasteiger partial charge in [0.05, 0.1) is 31.3 Å². The summed E-state index contributed by atoms with van der Waals surface area (Å²) in [7, 11) is 1.60. The molecule has 0 bridgehead atoms. The quantitative estimate of drug-likeness (QED) is 0.470. The minimum Gasteiger partial charge on any atom is -0.497 e. The smallest absolute Gasteiger partial charge is 0.266 e. The van der Waals surface area contributed by atoms with Crippen LogP contribution >= 0.6 is 0 Å². The van der Waals surface area contributed by atoms with Crippen molar-refractivity contribution in [1.82, 2.24) is 10.2 Å². The minimum absolute atomic E-state index is 0.0486. The number of nitriles is 1. The fourth-order valence-corrected chi connectivity index (χ4v) is 2.74. The van der Waals surface area contributed by atoms with Crippen molar-refractivity contribution in [2.75, 3.05) is 19.0 Å². The van der Waals surface area contributed by atoms with E-state index in [4.69, 9.17) is 9.47 Å². The number of methoxy groups -OCH3 is 1. The maximum atomic E-state index is 12.7. The molecular formula is C22H20N4O3. The van der Waals surface area contributed by atoms with Crippen molar-refractivity contribution in [3.63, 3.8) is 0 Å². The van der Waals surface area contributed by atoms with Gasteiger partial charge in [0.15, 0.2) is 0 Å². The van der Waals surface area contributed by atoms with E-state index in [1.807, 2.05) is 43.3 Å². The van der Waals surface area contributed by atoms with E-state index in [-0.39, 0.29) is 5.57 Å². The third-order valence-corrected chi connectivity index (χ3v) is 4.15. The number of para-hydroxylation sites is 2. The van der Waals surface area contributed by atoms with E-state index in [0.717, 1.165) is 11.3 Å². The molecule has 0 aliphatic carbocycles. The van der Waals surface area contributed by atoms with Crippen molar-refractivity contribution in [3.05, 3.63) is 65.9 Å². The van der Waals surface area contributed by atoms with Gasteiger partial charge in [0.1, 0.15) is 23.1 Å². The lowest BCUT2D eigenvalue weighted by Gasteiger charge is -2.10. The van der Waals surface area contributed by atoms with Gasteiger partial charge in [-0.2, -0.15) is 10.4 Å². The van der Waals surface area contributed by atoms with Crippen LogP contribution in [-0.2, 0) is 4.79 Å². The maximum absolute atomic E-state index is 12.7. The number of nitrogens with zero attached hydrogens (tertiary/aromatic N) is 2. The molecule has 0 saturated carbocycles. The number of hydrogen-bond acceptors (Lipinski definition) is 5. The Kier molecular flexibility index (Phi) is 6.28. The van der Waals surface area contributed by atoms with E-state index in [1.165, 1.54) is 6.08 Å². The molecule has 0 fully saturated rings. The number of anilines is 1. The average Bonchev–Trinajstić information content (AvgIpc) is 3.21. The number of aromatic amines is 1. The van der Waals surface area contributed by atoms with Gasteiger partial charge in [0.2, 0.25) is 0 Å². The van der Waals surface area contributed by atoms with Crippen LogP contribution < -0.4 is 14.8 Å². The number of carbonyl (C=O) groups is 1. The summed E-state index contributed by atoms with van der Waals surface area (Å²) >= 11 is 0. The molecule has 0 aliphatic rings. The van der Waals surface area contributed by atoms with E-state index in [9.17, 15) is 10.1 Å². The molecule has 1 amide bonds. The number of rotatable bonds is 7. The average molecular weight is 388 g/mol. The Morgan fingerprint density at radius 1 is 1.24 bits per heavy atom. The number of H-pyrrole nitrogens is 1. The van der Waals surface area contributed by atoms with Crippen molar-refractivity contribution in [2.45, 2.75) is 6.92 Å². The number of nitrogens with one attached hydrogen (secondary N) is 2. The van der Waals surface area contributed by atoms with Crippen LogP contribution in [0.4, 0.5) is 5.69 Å². The number of aromatic nitrogens is 2. The molecule has 146 valence electrons. The second kappa shape index (κ2) is 9.24. The zero-order chi connectivity index (χ0) is 20.6. The largest absolute Gasteiger partial charge is 0.497 e. The summed E-state index contributed by atoms with van der Waals surface area (Å²) in [5, 5.41) is 19.2. The number of amides is 1. The first-order valence-electron chi connectivity index (χ1n) is 8.99. The predicted molar refractivity (Wildman–Crippen MR) is 110 cm³/mol. The molecule has 0 spiro atoms. The summed E-state index contributed by atoms with van der Waals surface area (Å²) in [5.74, 6) is 0.750. The molecule has 1 aromatic heterocycles. The van der Waals surface area contributed by atoms with E-state index >= 15 is 0 Å². The molecule has 0 aliphatic heterocycles. The third kappa shape index (κ3) is 4.62. The van der Waals surface area contributed by atoms with E-state index in [2.05, 4.69) is 15.5 Å². The monoisotopic (exact) mass is 388 g/mol. The molecular weight excluding hydrogens is 368 g/mol. The highest BCUT2D eigenvalue weighted by molar-refractivity contribution is 6.10. The number of hydrogen-bond donors (Lipinski definition) is 2. The molecule has 0 atom stereocenters. The van der Waals surface area contributed by atoms with Gasteiger partial charge >= 0.3 is 0 Å². The first-order chi connectivity index (χ1) is 14.2. The maximum Gasteiger partial charge on any atom is 0.266 e. The molecule has 0 saturated heterocycles. The van der Waals surface area contributed by atoms with Gasteiger partial charge in [-0.05, 0) is 49.4 Å². The normalized spacial score (nSPS) is 10.9. The Morgan fingerprint density at radius 2 is 2.00 bits per heavy atom. The van der Waals surface area contributed by atoms with E-state index in [0.29, 0.717) is 29.3 Å². The summed E-state index contributed by atoms with van der Waals surface area (Å²) in [6, 6.07) is 16.4. The summed E-state index contributed by atoms with van der Waals surface area (Å²) in [4.78, 5) is 12.7. The van der Waals surface area contributed by atoms with Gasteiger partial charge in [0.25, 0.3) is 5.91 Å². The summed E-state index contributed by atoms with van der Waals surface area (Å²) in [6.45, 7) is 2.33. The molecule has 3 rings (SSSR count). The van der Waals surface area contributed by atoms with Crippen LogP contribution in [0.5, 0.6) is 11.5 Å². The molecule has 7 nitrogen and oxygen atoms in total. The van der Waals surface area contributed by atoms with Crippen molar-refractivity contribution in [3.8, 4) is 28.8 Å². The van der Waals surface area contributed by atoms with Crippen LogP contribution in [-0.4, -0.2) is 29.8 Å². The minimum atomic E-state index is -0.526. The van der Waals surface area contributed by atoms with Gasteiger partial charge in [0, 0.05) is 11.1 Å². The van der Waals surface area contributed by atoms with Crippen LogP contribution in [0.3, 0.4) is 0 Å². The molecule has 3 aromatic rings. The number of benzene rings is 2. The second-order valence-electron chi connectivity index (χ2n) is 5.98. The highest BCUT2D eigenvalue weighted by Gasteiger charge is 2.14. The van der Waals surface area contributed by atoms with Crippen LogP contribution in [0.15, 0.2) is 60.3 Å². The summed E-state index contributed by atoms with van der Waals surface area (Å²) in [5.41, 5.74) is 2.63. The molecule has 0 unspecified atom stereocenters. The SMILES string of the molecule is CCOc1ccccc1NC(=O)/C(C#N)=C\c1cn[nH]c1-c1ccc(OC)cc1.